The smallest absolute Gasteiger partial charge is 0.143 e. The van der Waals surface area contributed by atoms with Gasteiger partial charge in [0.05, 0.1) is 5.52 Å². The number of hydrogen-bond donors (Lipinski definition) is 0. The molecular formula is C60H42N2O. The van der Waals surface area contributed by atoms with E-state index in [0.29, 0.717) is 0 Å². The molecule has 0 bridgehead atoms. The molecule has 0 radical (unpaired) electrons. The fraction of sp³-hybridized carbons (Fsp3) is 0.0333. The van der Waals surface area contributed by atoms with Gasteiger partial charge in [-0.25, -0.2) is 0 Å². The van der Waals surface area contributed by atoms with Crippen LogP contribution in [0.25, 0.3) is 84.1 Å². The van der Waals surface area contributed by atoms with Crippen LogP contribution in [0.15, 0.2) is 229 Å². The van der Waals surface area contributed by atoms with Crippen LogP contribution in [-0.2, 0) is 0 Å². The lowest BCUT2D eigenvalue weighted by molar-refractivity contribution is 0.671. The molecule has 3 nitrogen and oxygen atoms in total. The van der Waals surface area contributed by atoms with Crippen LogP contribution in [0.4, 0.5) is 17.1 Å². The lowest BCUT2D eigenvalue weighted by atomic mass is 9.91. The molecular weight excluding hydrogens is 765 g/mol. The standard InChI is InChI=1S/C60H42N2O/c1-4-14-41(15-5-1)42-26-33-48(34-27-42)61(49-35-28-43(29-36-49)46-32-39-58-56(40-46)53-20-10-11-25-57(53)62(58)47-18-8-3-9-19-47)50-37-30-45(31-38-50)52-22-13-24-55-54-23-12-21-51(59(54)63-60(52)55)44-16-6-2-7-17-44/h1-31,33-40,46H,32H2. The Balaban J connectivity index is 0.917. The minimum absolute atomic E-state index is 0.268. The monoisotopic (exact) mass is 806 g/mol. The van der Waals surface area contributed by atoms with Gasteiger partial charge in [-0.3, -0.25) is 0 Å². The van der Waals surface area contributed by atoms with Crippen molar-refractivity contribution < 1.29 is 4.42 Å². The second-order valence-corrected chi connectivity index (χ2v) is 16.4. The molecule has 1 aliphatic rings. The Morgan fingerprint density at radius 3 is 1.51 bits per heavy atom. The van der Waals surface area contributed by atoms with Crippen LogP contribution in [0.1, 0.15) is 17.9 Å². The molecule has 12 rings (SSSR count). The highest BCUT2D eigenvalue weighted by molar-refractivity contribution is 6.13. The molecule has 1 unspecified atom stereocenters. The maximum Gasteiger partial charge on any atom is 0.143 e. The van der Waals surface area contributed by atoms with Crippen molar-refractivity contribution in [2.75, 3.05) is 4.90 Å². The van der Waals surface area contributed by atoms with Gasteiger partial charge in [0.15, 0.2) is 0 Å². The van der Waals surface area contributed by atoms with E-state index in [2.05, 4.69) is 246 Å². The summed E-state index contributed by atoms with van der Waals surface area (Å²) in [5.74, 6) is 0.268. The number of nitrogens with zero attached hydrogens (tertiary/aromatic N) is 2. The number of aromatic nitrogens is 1. The Hall–Kier alpha value is -8.14. The second kappa shape index (κ2) is 15.4. The Bertz CT molecular complexity index is 3550. The van der Waals surface area contributed by atoms with Crippen molar-refractivity contribution in [3.63, 3.8) is 0 Å². The molecule has 2 heterocycles. The van der Waals surface area contributed by atoms with Crippen LogP contribution >= 0.6 is 0 Å². The predicted molar refractivity (Wildman–Crippen MR) is 264 cm³/mol. The molecule has 0 amide bonds. The zero-order valence-electron chi connectivity index (χ0n) is 34.6. The molecule has 0 N–H and O–H groups in total. The van der Waals surface area contributed by atoms with Crippen LogP contribution in [0.2, 0.25) is 0 Å². The molecule has 3 heteroatoms. The molecule has 1 atom stereocenters. The molecule has 0 fully saturated rings. The van der Waals surface area contributed by atoms with Crippen molar-refractivity contribution in [2.45, 2.75) is 12.3 Å². The van der Waals surface area contributed by atoms with Gasteiger partial charge in [-0.05, 0) is 88.8 Å². The lowest BCUT2D eigenvalue weighted by Gasteiger charge is -2.26. The third kappa shape index (κ3) is 6.45. The first kappa shape index (κ1) is 36.7. The fourth-order valence-electron chi connectivity index (χ4n) is 9.69. The zero-order chi connectivity index (χ0) is 41.7. The Kier molecular flexibility index (Phi) is 8.97. The summed E-state index contributed by atoms with van der Waals surface area (Å²) in [5.41, 5.74) is 15.7. The summed E-state index contributed by atoms with van der Waals surface area (Å²) in [6.07, 6.45) is 5.85. The van der Waals surface area contributed by atoms with Crippen LogP contribution < -0.4 is 15.5 Å². The largest absolute Gasteiger partial charge is 0.455 e. The number of hydrogen-bond acceptors (Lipinski definition) is 2. The van der Waals surface area contributed by atoms with Gasteiger partial charge in [0.2, 0.25) is 0 Å². The quantitative estimate of drug-likeness (QED) is 0.153. The molecule has 9 aromatic carbocycles. The SMILES string of the molecule is C1=c2c(n(-c3ccccc3)c3ccccc23)=CCC1c1ccc(N(c2ccc(-c3ccccc3)cc2)c2ccc(-c3cccc4c3oc3c(-c5ccccc5)cccc34)cc2)cc1. The fourth-order valence-corrected chi connectivity index (χ4v) is 9.69. The average Bonchev–Trinajstić information content (AvgIpc) is 3.91. The van der Waals surface area contributed by atoms with E-state index in [1.807, 2.05) is 0 Å². The van der Waals surface area contributed by atoms with E-state index in [-0.39, 0.29) is 5.92 Å². The number of benzene rings is 9. The van der Waals surface area contributed by atoms with E-state index in [1.165, 1.54) is 43.8 Å². The normalized spacial score (nSPS) is 13.4. The Labute approximate surface area is 366 Å². The van der Waals surface area contributed by atoms with Crippen molar-refractivity contribution in [2.24, 2.45) is 0 Å². The summed E-state index contributed by atoms with van der Waals surface area (Å²) >= 11 is 0. The molecule has 0 saturated heterocycles. The summed E-state index contributed by atoms with van der Waals surface area (Å²) < 4.78 is 9.20. The van der Waals surface area contributed by atoms with Crippen LogP contribution in [0.3, 0.4) is 0 Å². The lowest BCUT2D eigenvalue weighted by Crippen LogP contribution is -2.31. The third-order valence-electron chi connectivity index (χ3n) is 12.8. The van der Waals surface area contributed by atoms with Crippen molar-refractivity contribution >= 4 is 62.1 Å². The van der Waals surface area contributed by atoms with Gasteiger partial charge in [-0.15, -0.1) is 0 Å². The van der Waals surface area contributed by atoms with E-state index >= 15 is 0 Å². The van der Waals surface area contributed by atoms with Crippen molar-refractivity contribution in [3.8, 4) is 39.1 Å². The topological polar surface area (TPSA) is 21.3 Å². The highest BCUT2D eigenvalue weighted by atomic mass is 16.3. The van der Waals surface area contributed by atoms with Crippen molar-refractivity contribution in [3.05, 3.63) is 241 Å². The highest BCUT2D eigenvalue weighted by Gasteiger charge is 2.20. The van der Waals surface area contributed by atoms with Gasteiger partial charge in [-0.2, -0.15) is 0 Å². The third-order valence-corrected chi connectivity index (χ3v) is 12.8. The molecule has 1 aliphatic carbocycles. The van der Waals surface area contributed by atoms with Gasteiger partial charge in [0, 0.05) is 66.5 Å². The zero-order valence-corrected chi connectivity index (χ0v) is 34.6. The summed E-state index contributed by atoms with van der Waals surface area (Å²) in [4.78, 5) is 2.36. The summed E-state index contributed by atoms with van der Waals surface area (Å²) in [6, 6.07) is 80.5. The first-order valence-corrected chi connectivity index (χ1v) is 21.8. The van der Waals surface area contributed by atoms with Gasteiger partial charge in [0.1, 0.15) is 11.2 Å². The summed E-state index contributed by atoms with van der Waals surface area (Å²) in [6.45, 7) is 0. The average molecular weight is 807 g/mol. The van der Waals surface area contributed by atoms with E-state index in [1.54, 1.807) is 0 Å². The van der Waals surface area contributed by atoms with Crippen LogP contribution in [0, 0.1) is 0 Å². The van der Waals surface area contributed by atoms with Crippen molar-refractivity contribution in [1.29, 1.82) is 0 Å². The maximum atomic E-state index is 6.79. The van der Waals surface area contributed by atoms with E-state index in [9.17, 15) is 0 Å². The molecule has 0 saturated carbocycles. The highest BCUT2D eigenvalue weighted by Crippen LogP contribution is 2.42. The van der Waals surface area contributed by atoms with Gasteiger partial charge < -0.3 is 13.9 Å². The summed E-state index contributed by atoms with van der Waals surface area (Å²) in [7, 11) is 0. The second-order valence-electron chi connectivity index (χ2n) is 16.4. The van der Waals surface area contributed by atoms with E-state index in [4.69, 9.17) is 4.42 Å². The summed E-state index contributed by atoms with van der Waals surface area (Å²) in [5, 5.41) is 6.12. The Morgan fingerprint density at radius 1 is 0.413 bits per heavy atom. The van der Waals surface area contributed by atoms with Crippen LogP contribution in [0.5, 0.6) is 0 Å². The minimum Gasteiger partial charge on any atom is -0.455 e. The van der Waals surface area contributed by atoms with Crippen LogP contribution in [-0.4, -0.2) is 4.57 Å². The minimum atomic E-state index is 0.268. The number of rotatable bonds is 8. The van der Waals surface area contributed by atoms with E-state index < -0.39 is 0 Å². The van der Waals surface area contributed by atoms with Gasteiger partial charge >= 0.3 is 0 Å². The van der Waals surface area contributed by atoms with Gasteiger partial charge in [0.25, 0.3) is 0 Å². The molecule has 0 aliphatic heterocycles. The first-order chi connectivity index (χ1) is 31.2. The molecule has 298 valence electrons. The number of anilines is 3. The van der Waals surface area contributed by atoms with Crippen molar-refractivity contribution in [1.82, 2.24) is 4.57 Å². The molecule has 0 spiro atoms. The molecule has 11 aromatic rings. The first-order valence-electron chi connectivity index (χ1n) is 21.8. The predicted octanol–water partition coefficient (Wildman–Crippen LogP) is 14.7. The van der Waals surface area contributed by atoms with E-state index in [0.717, 1.165) is 67.7 Å². The number of furan rings is 1. The molecule has 2 aromatic heterocycles. The number of fused-ring (bicyclic) bond motifs is 6. The van der Waals surface area contributed by atoms with Gasteiger partial charge in [-0.1, -0.05) is 182 Å². The number of para-hydroxylation sites is 4. The maximum absolute atomic E-state index is 6.79. The molecule has 63 heavy (non-hydrogen) atoms. The Morgan fingerprint density at radius 2 is 0.889 bits per heavy atom.